The largest absolute Gasteiger partial charge is 0.496 e. The highest BCUT2D eigenvalue weighted by Gasteiger charge is 2.31. The number of halogens is 1. The van der Waals surface area contributed by atoms with E-state index >= 15 is 0 Å². The van der Waals surface area contributed by atoms with E-state index in [-0.39, 0.29) is 27.7 Å². The minimum Gasteiger partial charge on any atom is -0.496 e. The fourth-order valence-electron chi connectivity index (χ4n) is 5.69. The summed E-state index contributed by atoms with van der Waals surface area (Å²) in [6.45, 7) is 6.34. The third kappa shape index (κ3) is 7.13. The molecule has 2 heterocycles. The molecule has 43 heavy (non-hydrogen) atoms. The second-order valence-electron chi connectivity index (χ2n) is 11.0. The van der Waals surface area contributed by atoms with E-state index in [1.165, 1.54) is 31.6 Å². The molecule has 10 heteroatoms. The maximum atomic E-state index is 13.8. The molecule has 5 rings (SSSR count). The Morgan fingerprint density at radius 2 is 1.74 bits per heavy atom. The topological polar surface area (TPSA) is 82.1 Å². The number of hydrazine groups is 1. The first-order valence-electron chi connectivity index (χ1n) is 14.6. The highest BCUT2D eigenvalue weighted by molar-refractivity contribution is 9.10. The van der Waals surface area contributed by atoms with Crippen LogP contribution in [0.15, 0.2) is 59.1 Å². The van der Waals surface area contributed by atoms with Crippen LogP contribution in [-0.2, 0) is 15.3 Å². The van der Waals surface area contributed by atoms with Crippen LogP contribution in [-0.4, -0.2) is 48.7 Å². The number of carboxylic acids is 1. The third-order valence-corrected chi connectivity index (χ3v) is 12.0. The fraction of sp³-hybridized carbons (Fsp3) is 0.394. The summed E-state index contributed by atoms with van der Waals surface area (Å²) >= 11 is 7.45. The van der Waals surface area contributed by atoms with Gasteiger partial charge in [0.2, 0.25) is 5.91 Å². The van der Waals surface area contributed by atoms with E-state index in [1.54, 1.807) is 6.07 Å². The molecule has 0 radical (unpaired) electrons. The molecule has 2 saturated heterocycles. The van der Waals surface area contributed by atoms with E-state index in [0.717, 1.165) is 60.1 Å². The van der Waals surface area contributed by atoms with Crippen LogP contribution in [0.3, 0.4) is 0 Å². The van der Waals surface area contributed by atoms with Crippen molar-refractivity contribution in [3.05, 3.63) is 81.3 Å². The lowest BCUT2D eigenvalue weighted by Gasteiger charge is -2.36. The van der Waals surface area contributed by atoms with Crippen molar-refractivity contribution >= 4 is 68.4 Å². The molecule has 3 aromatic carbocycles. The summed E-state index contributed by atoms with van der Waals surface area (Å²) in [5, 5.41) is 11.5. The molecule has 2 aliphatic rings. The van der Waals surface area contributed by atoms with Crippen molar-refractivity contribution in [2.45, 2.75) is 50.0 Å². The second kappa shape index (κ2) is 13.9. The van der Waals surface area contributed by atoms with Gasteiger partial charge in [0.05, 0.1) is 34.7 Å². The lowest BCUT2D eigenvalue weighted by Crippen LogP contribution is -2.41. The molecule has 0 atom stereocenters. The van der Waals surface area contributed by atoms with Gasteiger partial charge in [0.25, 0.3) is 0 Å². The molecule has 3 aromatic rings. The molecule has 2 aliphatic heterocycles. The van der Waals surface area contributed by atoms with E-state index in [2.05, 4.69) is 82.6 Å². The number of carbonyl (C=O) groups is 2. The normalized spacial score (nSPS) is 16.4. The maximum Gasteiger partial charge on any atom is 0.339 e. The number of nitrogens with one attached hydrogen (secondary N) is 1. The number of hydrogen-bond acceptors (Lipinski definition) is 7. The van der Waals surface area contributed by atoms with E-state index in [0.29, 0.717) is 10.0 Å². The predicted molar refractivity (Wildman–Crippen MR) is 182 cm³/mol. The lowest BCUT2D eigenvalue weighted by atomic mass is 10.1. The van der Waals surface area contributed by atoms with Crippen LogP contribution >= 0.6 is 39.5 Å². The molecule has 2 N–H and O–H groups in total. The summed E-state index contributed by atoms with van der Waals surface area (Å²) in [5.41, 5.74) is 9.14. The summed E-state index contributed by atoms with van der Waals surface area (Å²) < 4.78 is 5.87. The van der Waals surface area contributed by atoms with Crippen LogP contribution in [0.5, 0.6) is 5.75 Å². The van der Waals surface area contributed by atoms with Gasteiger partial charge in [-0.25, -0.2) is 4.79 Å². The average molecular weight is 685 g/mol. The van der Waals surface area contributed by atoms with E-state index in [9.17, 15) is 14.7 Å². The molecule has 0 bridgehead atoms. The number of aryl methyl sites for hydroxylation is 1. The van der Waals surface area contributed by atoms with Crippen molar-refractivity contribution in [3.8, 4) is 5.75 Å². The van der Waals surface area contributed by atoms with Gasteiger partial charge in [-0.2, -0.15) is 0 Å². The quantitative estimate of drug-likeness (QED) is 0.220. The molecule has 228 valence electrons. The number of hydrogen-bond donors (Lipinski definition) is 2. The molecular formula is C33H38BrN3O4S2. The third-order valence-electron chi connectivity index (χ3n) is 8.02. The molecular weight excluding hydrogens is 646 g/mol. The standard InChI is InChI=1S/C33H38BrN3O4S2/c1-22-9-7-10-28(36-15-5-4-6-16-36)31(22)37(25-13-11-24(12-14-25)33(2)42-17-8-18-43-33)35-30(38)20-23-19-29(41-3)26(32(39)40)21-27(23)34/h7,9-14,19,21H,4-6,8,15-18,20H2,1-3H3,(H,35,38)(H,39,40). The first-order chi connectivity index (χ1) is 20.7. The van der Waals surface area contributed by atoms with Crippen molar-refractivity contribution in [1.29, 1.82) is 0 Å². The summed E-state index contributed by atoms with van der Waals surface area (Å²) in [5.74, 6) is 1.21. The lowest BCUT2D eigenvalue weighted by molar-refractivity contribution is -0.120. The number of carboxylic acid groups (broad SMARTS) is 1. The smallest absolute Gasteiger partial charge is 0.339 e. The molecule has 0 aliphatic carbocycles. The van der Waals surface area contributed by atoms with Crippen molar-refractivity contribution in [2.75, 3.05) is 41.6 Å². The zero-order valence-electron chi connectivity index (χ0n) is 24.8. The Labute approximate surface area is 270 Å². The monoisotopic (exact) mass is 683 g/mol. The zero-order valence-corrected chi connectivity index (χ0v) is 28.0. The van der Waals surface area contributed by atoms with Gasteiger partial charge < -0.3 is 14.7 Å². The summed E-state index contributed by atoms with van der Waals surface area (Å²) in [4.78, 5) is 27.8. The van der Waals surface area contributed by atoms with Crippen LogP contribution in [0.1, 0.15) is 59.7 Å². The van der Waals surface area contributed by atoms with Gasteiger partial charge >= 0.3 is 5.97 Å². The van der Waals surface area contributed by atoms with Crippen LogP contribution in [0.25, 0.3) is 0 Å². The Morgan fingerprint density at radius 3 is 2.40 bits per heavy atom. The Morgan fingerprint density at radius 1 is 1.05 bits per heavy atom. The number of nitrogens with zero attached hydrogens (tertiary/aromatic N) is 2. The maximum absolute atomic E-state index is 13.8. The molecule has 0 unspecified atom stereocenters. The number of amides is 1. The van der Waals surface area contributed by atoms with Crippen molar-refractivity contribution in [3.63, 3.8) is 0 Å². The predicted octanol–water partition coefficient (Wildman–Crippen LogP) is 7.91. The van der Waals surface area contributed by atoms with Gasteiger partial charge in [-0.15, -0.1) is 23.5 Å². The fourth-order valence-corrected chi connectivity index (χ4v) is 9.15. The number of ether oxygens (including phenoxy) is 1. The Bertz CT molecular complexity index is 1470. The molecule has 7 nitrogen and oxygen atoms in total. The minimum absolute atomic E-state index is 0.0138. The Kier molecular flexibility index (Phi) is 10.2. The highest BCUT2D eigenvalue weighted by Crippen LogP contribution is 2.50. The zero-order chi connectivity index (χ0) is 30.6. The molecule has 0 aromatic heterocycles. The number of rotatable bonds is 9. The van der Waals surface area contributed by atoms with Gasteiger partial charge in [-0.3, -0.25) is 15.2 Å². The number of para-hydroxylation sites is 1. The number of aromatic carboxylic acids is 1. The second-order valence-corrected chi connectivity index (χ2v) is 15.2. The Balaban J connectivity index is 1.51. The number of benzene rings is 3. The first-order valence-corrected chi connectivity index (χ1v) is 17.4. The van der Waals surface area contributed by atoms with Gasteiger partial charge in [-0.1, -0.05) is 40.2 Å². The van der Waals surface area contributed by atoms with Crippen LogP contribution < -0.4 is 20.1 Å². The number of carbonyl (C=O) groups excluding carboxylic acids is 1. The number of methoxy groups -OCH3 is 1. The van der Waals surface area contributed by atoms with Crippen LogP contribution in [0.2, 0.25) is 0 Å². The van der Waals surface area contributed by atoms with E-state index < -0.39 is 5.97 Å². The van der Waals surface area contributed by atoms with Crippen molar-refractivity contribution < 1.29 is 19.4 Å². The number of anilines is 3. The van der Waals surface area contributed by atoms with E-state index in [1.807, 2.05) is 28.5 Å². The van der Waals surface area contributed by atoms with Gasteiger partial charge in [0.1, 0.15) is 11.3 Å². The molecule has 2 fully saturated rings. The van der Waals surface area contributed by atoms with Gasteiger partial charge in [-0.05, 0) is 98.1 Å². The van der Waals surface area contributed by atoms with E-state index in [4.69, 9.17) is 4.74 Å². The number of thioether (sulfide) groups is 2. The average Bonchev–Trinajstić information content (AvgIpc) is 3.01. The SMILES string of the molecule is COc1cc(CC(=O)NN(c2ccc(C3(C)SCCCS3)cc2)c2c(C)cccc2N2CCCCC2)c(Br)cc1C(=O)O. The van der Waals surface area contributed by atoms with Gasteiger partial charge in [0, 0.05) is 17.6 Å². The molecule has 0 spiro atoms. The highest BCUT2D eigenvalue weighted by atomic mass is 79.9. The molecule has 0 saturated carbocycles. The van der Waals surface area contributed by atoms with Crippen molar-refractivity contribution in [1.82, 2.24) is 5.43 Å². The van der Waals surface area contributed by atoms with Crippen LogP contribution in [0, 0.1) is 6.92 Å². The number of piperidine rings is 1. The minimum atomic E-state index is -1.09. The Hall–Kier alpha value is -2.82. The summed E-state index contributed by atoms with van der Waals surface area (Å²) in [6, 6.07) is 18.0. The molecule has 1 amide bonds. The summed E-state index contributed by atoms with van der Waals surface area (Å²) in [7, 11) is 1.43. The van der Waals surface area contributed by atoms with Gasteiger partial charge in [0.15, 0.2) is 0 Å². The van der Waals surface area contributed by atoms with Crippen LogP contribution in [0.4, 0.5) is 17.1 Å². The first kappa shape index (κ1) is 31.6. The summed E-state index contributed by atoms with van der Waals surface area (Å²) in [6.07, 6.45) is 4.78. The van der Waals surface area contributed by atoms with Crippen molar-refractivity contribution in [2.24, 2.45) is 0 Å².